The van der Waals surface area contributed by atoms with Crippen LogP contribution in [0.2, 0.25) is 0 Å². The number of nitrogens with zero attached hydrogens (tertiary/aromatic N) is 4. The van der Waals surface area contributed by atoms with Crippen molar-refractivity contribution in [3.63, 3.8) is 0 Å². The van der Waals surface area contributed by atoms with E-state index in [1.54, 1.807) is 0 Å². The highest BCUT2D eigenvalue weighted by Crippen LogP contribution is 2.31. The summed E-state index contributed by atoms with van der Waals surface area (Å²) in [5, 5.41) is 11.9. The first-order valence-electron chi connectivity index (χ1n) is 9.18. The van der Waals surface area contributed by atoms with Crippen LogP contribution in [0.4, 0.5) is 0 Å². The Morgan fingerprint density at radius 1 is 1.24 bits per heavy atom. The lowest BCUT2D eigenvalue weighted by Gasteiger charge is -2.35. The highest BCUT2D eigenvalue weighted by molar-refractivity contribution is 5.93. The van der Waals surface area contributed by atoms with Gasteiger partial charge < -0.3 is 10.2 Å². The number of carbonyl (C=O) groups is 1. The Morgan fingerprint density at radius 3 is 2.80 bits per heavy atom. The van der Waals surface area contributed by atoms with E-state index in [-0.39, 0.29) is 11.9 Å². The molecule has 3 heterocycles. The van der Waals surface area contributed by atoms with E-state index in [9.17, 15) is 4.79 Å². The molecule has 0 spiro atoms. The normalized spacial score (nSPS) is 21.2. The number of amides is 1. The van der Waals surface area contributed by atoms with Crippen molar-refractivity contribution < 1.29 is 4.79 Å². The molecule has 6 heteroatoms. The smallest absolute Gasteiger partial charge is 0.276 e. The average Bonchev–Trinajstić information content (AvgIpc) is 3.04. The lowest BCUT2D eigenvalue weighted by molar-refractivity contribution is 0.0670. The molecule has 1 aromatic carbocycles. The number of hydrogen-bond acceptors (Lipinski definition) is 4. The van der Waals surface area contributed by atoms with Crippen LogP contribution in [0, 0.1) is 6.92 Å². The molecular formula is C19H25N5O. The predicted molar refractivity (Wildman–Crippen MR) is 95.5 cm³/mol. The van der Waals surface area contributed by atoms with Gasteiger partial charge in [0, 0.05) is 6.54 Å². The lowest BCUT2D eigenvalue weighted by atomic mass is 9.93. The Balaban J connectivity index is 1.58. The van der Waals surface area contributed by atoms with Crippen molar-refractivity contribution in [3.05, 3.63) is 46.8 Å². The van der Waals surface area contributed by atoms with Gasteiger partial charge in [-0.15, -0.1) is 5.10 Å². The molecule has 132 valence electrons. The van der Waals surface area contributed by atoms with Crippen molar-refractivity contribution in [2.45, 2.75) is 45.2 Å². The SMILES string of the molecule is Cc1c(C(=O)N2CCc3ccccc3[C@H]2C)nnn1C1CCNCC1. The van der Waals surface area contributed by atoms with E-state index in [1.165, 1.54) is 11.1 Å². The summed E-state index contributed by atoms with van der Waals surface area (Å²) in [5.74, 6) is -0.000289. The van der Waals surface area contributed by atoms with Crippen molar-refractivity contribution in [2.75, 3.05) is 19.6 Å². The highest BCUT2D eigenvalue weighted by Gasteiger charge is 2.31. The van der Waals surface area contributed by atoms with Crippen molar-refractivity contribution in [1.29, 1.82) is 0 Å². The van der Waals surface area contributed by atoms with E-state index >= 15 is 0 Å². The maximum Gasteiger partial charge on any atom is 0.276 e. The minimum atomic E-state index is -0.000289. The van der Waals surface area contributed by atoms with E-state index in [0.29, 0.717) is 11.7 Å². The first-order valence-corrected chi connectivity index (χ1v) is 9.18. The van der Waals surface area contributed by atoms with Crippen molar-refractivity contribution in [2.24, 2.45) is 0 Å². The summed E-state index contributed by atoms with van der Waals surface area (Å²) in [4.78, 5) is 15.1. The molecule has 2 aliphatic rings. The molecular weight excluding hydrogens is 314 g/mol. The maximum absolute atomic E-state index is 13.1. The van der Waals surface area contributed by atoms with Gasteiger partial charge in [0.1, 0.15) is 0 Å². The zero-order valence-electron chi connectivity index (χ0n) is 14.9. The van der Waals surface area contributed by atoms with E-state index in [0.717, 1.165) is 44.6 Å². The summed E-state index contributed by atoms with van der Waals surface area (Å²) >= 11 is 0. The monoisotopic (exact) mass is 339 g/mol. The number of fused-ring (bicyclic) bond motifs is 1. The third-order valence-electron chi connectivity index (χ3n) is 5.64. The van der Waals surface area contributed by atoms with Crippen molar-refractivity contribution in [1.82, 2.24) is 25.2 Å². The largest absolute Gasteiger partial charge is 0.330 e. The number of carbonyl (C=O) groups excluding carboxylic acids is 1. The molecule has 1 fully saturated rings. The van der Waals surface area contributed by atoms with Crippen LogP contribution < -0.4 is 5.32 Å². The maximum atomic E-state index is 13.1. The van der Waals surface area contributed by atoms with Crippen LogP contribution in [0.1, 0.15) is 59.2 Å². The molecule has 0 aliphatic carbocycles. The van der Waals surface area contributed by atoms with Crippen molar-refractivity contribution in [3.8, 4) is 0 Å². The molecule has 25 heavy (non-hydrogen) atoms. The van der Waals surface area contributed by atoms with Crippen LogP contribution in [-0.2, 0) is 6.42 Å². The number of benzene rings is 1. The number of aromatic nitrogens is 3. The zero-order chi connectivity index (χ0) is 17.4. The Bertz CT molecular complexity index is 778. The van der Waals surface area contributed by atoms with Gasteiger partial charge in [0.05, 0.1) is 17.8 Å². The molecule has 1 aromatic heterocycles. The summed E-state index contributed by atoms with van der Waals surface area (Å²) in [6.45, 7) is 6.79. The molecule has 0 saturated carbocycles. The molecule has 6 nitrogen and oxygen atoms in total. The second-order valence-corrected chi connectivity index (χ2v) is 7.07. The van der Waals surface area contributed by atoms with Gasteiger partial charge in [0.2, 0.25) is 0 Å². The standard InChI is InChI=1S/C19H25N5O/c1-13-17-6-4-3-5-15(17)9-12-23(13)19(25)18-14(2)24(22-21-18)16-7-10-20-11-8-16/h3-6,13,16,20H,7-12H2,1-2H3/t13-/m1/s1. The van der Waals surface area contributed by atoms with Gasteiger partial charge in [-0.2, -0.15) is 0 Å². The quantitative estimate of drug-likeness (QED) is 0.912. The Labute approximate surface area is 148 Å². The summed E-state index contributed by atoms with van der Waals surface area (Å²) < 4.78 is 1.95. The van der Waals surface area contributed by atoms with E-state index in [1.807, 2.05) is 22.6 Å². The average molecular weight is 339 g/mol. The Hall–Kier alpha value is -2.21. The minimum Gasteiger partial charge on any atom is -0.330 e. The lowest BCUT2D eigenvalue weighted by Crippen LogP contribution is -2.39. The minimum absolute atomic E-state index is 0.000289. The number of piperidine rings is 1. The van der Waals surface area contributed by atoms with E-state index in [4.69, 9.17) is 0 Å². The van der Waals surface area contributed by atoms with Gasteiger partial charge in [-0.05, 0) is 57.3 Å². The predicted octanol–water partition coefficient (Wildman–Crippen LogP) is 2.27. The Morgan fingerprint density at radius 2 is 2.00 bits per heavy atom. The molecule has 0 bridgehead atoms. The summed E-state index contributed by atoms with van der Waals surface area (Å²) in [6, 6.07) is 8.81. The third-order valence-corrected chi connectivity index (χ3v) is 5.64. The fraction of sp³-hybridized carbons (Fsp3) is 0.526. The van der Waals surface area contributed by atoms with Crippen LogP contribution in [0.5, 0.6) is 0 Å². The number of rotatable bonds is 2. The van der Waals surface area contributed by atoms with Crippen LogP contribution >= 0.6 is 0 Å². The number of hydrogen-bond donors (Lipinski definition) is 1. The van der Waals surface area contributed by atoms with Crippen molar-refractivity contribution >= 4 is 5.91 Å². The summed E-state index contributed by atoms with van der Waals surface area (Å²) in [6.07, 6.45) is 2.96. The van der Waals surface area contributed by atoms with Gasteiger partial charge in [-0.25, -0.2) is 4.68 Å². The van der Waals surface area contributed by atoms with Crippen LogP contribution in [-0.4, -0.2) is 45.4 Å². The third kappa shape index (κ3) is 2.84. The van der Waals surface area contributed by atoms with Crippen LogP contribution in [0.3, 0.4) is 0 Å². The van der Waals surface area contributed by atoms with Crippen LogP contribution in [0.15, 0.2) is 24.3 Å². The first-order chi connectivity index (χ1) is 12.2. The molecule has 2 aromatic rings. The highest BCUT2D eigenvalue weighted by atomic mass is 16.2. The van der Waals surface area contributed by atoms with E-state index in [2.05, 4.69) is 40.8 Å². The number of nitrogens with one attached hydrogen (secondary N) is 1. The second-order valence-electron chi connectivity index (χ2n) is 7.07. The molecule has 2 aliphatic heterocycles. The zero-order valence-corrected chi connectivity index (χ0v) is 14.9. The topological polar surface area (TPSA) is 63.1 Å². The Kier molecular flexibility index (Phi) is 4.29. The van der Waals surface area contributed by atoms with Gasteiger partial charge >= 0.3 is 0 Å². The van der Waals surface area contributed by atoms with Gasteiger partial charge in [0.15, 0.2) is 5.69 Å². The second kappa shape index (κ2) is 6.59. The fourth-order valence-electron chi connectivity index (χ4n) is 4.12. The fourth-order valence-corrected chi connectivity index (χ4v) is 4.12. The molecule has 1 amide bonds. The molecule has 1 saturated heterocycles. The summed E-state index contributed by atoms with van der Waals surface area (Å²) in [7, 11) is 0. The van der Waals surface area contributed by atoms with Gasteiger partial charge in [0.25, 0.3) is 5.91 Å². The molecule has 1 atom stereocenters. The molecule has 0 radical (unpaired) electrons. The van der Waals surface area contributed by atoms with E-state index < -0.39 is 0 Å². The first kappa shape index (κ1) is 16.3. The molecule has 1 N–H and O–H groups in total. The van der Waals surface area contributed by atoms with Gasteiger partial charge in [-0.1, -0.05) is 29.5 Å². The van der Waals surface area contributed by atoms with Gasteiger partial charge in [-0.3, -0.25) is 4.79 Å². The summed E-state index contributed by atoms with van der Waals surface area (Å²) in [5.41, 5.74) is 3.98. The molecule has 4 rings (SSSR count). The molecule has 0 unspecified atom stereocenters. The van der Waals surface area contributed by atoms with Crippen LogP contribution in [0.25, 0.3) is 0 Å².